The van der Waals surface area contributed by atoms with Gasteiger partial charge in [-0.15, -0.1) is 35.3 Å². The van der Waals surface area contributed by atoms with E-state index in [9.17, 15) is 0 Å². The van der Waals surface area contributed by atoms with Gasteiger partial charge in [-0.2, -0.15) is 0 Å². The average Bonchev–Trinajstić information content (AvgIpc) is 3.04. The maximum atomic E-state index is 6.04. The van der Waals surface area contributed by atoms with E-state index in [1.165, 1.54) is 4.88 Å². The quantitative estimate of drug-likeness (QED) is 0.414. The van der Waals surface area contributed by atoms with Gasteiger partial charge in [0.1, 0.15) is 5.15 Å². The van der Waals surface area contributed by atoms with Gasteiger partial charge in [0.05, 0.1) is 18.1 Å². The molecule has 8 heteroatoms. The average molecular weight is 459 g/mol. The van der Waals surface area contributed by atoms with Crippen LogP contribution in [0.25, 0.3) is 0 Å². The lowest BCUT2D eigenvalue weighted by atomic mass is 10.4. The zero-order valence-corrected chi connectivity index (χ0v) is 16.3. The van der Waals surface area contributed by atoms with Crippen molar-refractivity contribution in [1.29, 1.82) is 0 Å². The van der Waals surface area contributed by atoms with Gasteiger partial charge >= 0.3 is 0 Å². The van der Waals surface area contributed by atoms with Crippen molar-refractivity contribution in [2.24, 2.45) is 12.0 Å². The number of hydrogen-bond acceptors (Lipinski definition) is 2. The summed E-state index contributed by atoms with van der Waals surface area (Å²) in [6, 6.07) is 5.97. The van der Waals surface area contributed by atoms with Crippen LogP contribution in [0, 0.1) is 0 Å². The Morgan fingerprint density at radius 1 is 1.33 bits per heavy atom. The lowest BCUT2D eigenvalue weighted by Crippen LogP contribution is -2.36. The molecule has 0 fully saturated rings. The Bertz CT molecular complexity index is 596. The van der Waals surface area contributed by atoms with Crippen LogP contribution < -0.4 is 10.6 Å². The van der Waals surface area contributed by atoms with Crippen molar-refractivity contribution in [2.75, 3.05) is 7.05 Å². The molecular formula is C13H17Cl2IN4S. The molecule has 0 aromatic carbocycles. The lowest BCUT2D eigenvalue weighted by Gasteiger charge is -2.11. The van der Waals surface area contributed by atoms with E-state index in [2.05, 4.69) is 27.1 Å². The number of nitrogens with one attached hydrogen (secondary N) is 2. The molecule has 0 amide bonds. The minimum absolute atomic E-state index is 0. The van der Waals surface area contributed by atoms with Crippen molar-refractivity contribution >= 4 is 64.5 Å². The smallest absolute Gasteiger partial charge is 0.191 e. The maximum absolute atomic E-state index is 6.04. The first-order chi connectivity index (χ1) is 9.61. The van der Waals surface area contributed by atoms with E-state index in [0.717, 1.165) is 18.2 Å². The first-order valence-corrected chi connectivity index (χ1v) is 7.72. The van der Waals surface area contributed by atoms with Crippen molar-refractivity contribution in [3.63, 3.8) is 0 Å². The van der Waals surface area contributed by atoms with E-state index in [1.807, 2.05) is 23.7 Å². The Labute approximate surface area is 155 Å². The number of rotatable bonds is 4. The van der Waals surface area contributed by atoms with Gasteiger partial charge in [-0.25, -0.2) is 0 Å². The Morgan fingerprint density at radius 2 is 2.05 bits per heavy atom. The molecule has 0 aliphatic heterocycles. The van der Waals surface area contributed by atoms with Crippen molar-refractivity contribution in [1.82, 2.24) is 15.2 Å². The molecule has 2 rings (SSSR count). The highest BCUT2D eigenvalue weighted by Gasteiger charge is 2.09. The number of aromatic nitrogens is 1. The van der Waals surface area contributed by atoms with E-state index >= 15 is 0 Å². The summed E-state index contributed by atoms with van der Waals surface area (Å²) in [6.07, 6.45) is 0. The Balaban J connectivity index is 0.00000220. The summed E-state index contributed by atoms with van der Waals surface area (Å²) in [7, 11) is 3.63. The SMILES string of the molecule is CN=C(NCc1cccs1)NCc1cc(Cl)c(Cl)n1C.I. The molecule has 0 aliphatic rings. The summed E-state index contributed by atoms with van der Waals surface area (Å²) in [5.41, 5.74) is 0.999. The minimum Gasteiger partial charge on any atom is -0.352 e. The fraction of sp³-hybridized carbons (Fsp3) is 0.308. The third-order valence-electron chi connectivity index (χ3n) is 2.89. The summed E-state index contributed by atoms with van der Waals surface area (Å²) in [5.74, 6) is 0.742. The molecule has 2 N–H and O–H groups in total. The van der Waals surface area contributed by atoms with E-state index < -0.39 is 0 Å². The van der Waals surface area contributed by atoms with Gasteiger partial charge in [0.25, 0.3) is 0 Å². The molecule has 0 saturated carbocycles. The van der Waals surface area contributed by atoms with Crippen molar-refractivity contribution in [3.8, 4) is 0 Å². The third-order valence-corrected chi connectivity index (χ3v) is 4.60. The topological polar surface area (TPSA) is 41.4 Å². The molecule has 4 nitrogen and oxygen atoms in total. The fourth-order valence-electron chi connectivity index (χ4n) is 1.74. The standard InChI is InChI=1S/C13H16Cl2N4S.HI/c1-16-13(18-8-10-4-3-5-20-10)17-7-9-6-11(14)12(15)19(9)2;/h3-6H,7-8H2,1-2H3,(H2,16,17,18);1H. The zero-order valence-electron chi connectivity index (χ0n) is 11.7. The van der Waals surface area contributed by atoms with Crippen LogP contribution in [0.1, 0.15) is 10.6 Å². The molecule has 2 aromatic heterocycles. The van der Waals surface area contributed by atoms with E-state index in [4.69, 9.17) is 23.2 Å². The molecule has 0 atom stereocenters. The molecule has 116 valence electrons. The van der Waals surface area contributed by atoms with E-state index in [-0.39, 0.29) is 24.0 Å². The van der Waals surface area contributed by atoms with Crippen LogP contribution in [0.5, 0.6) is 0 Å². The Kier molecular flexibility index (Phi) is 7.86. The molecular weight excluding hydrogens is 442 g/mol. The van der Waals surface area contributed by atoms with Crippen molar-refractivity contribution in [3.05, 3.63) is 44.3 Å². The van der Waals surface area contributed by atoms with Crippen LogP contribution >= 0.6 is 58.5 Å². The zero-order chi connectivity index (χ0) is 14.5. The van der Waals surface area contributed by atoms with Gasteiger partial charge in [0.15, 0.2) is 5.96 Å². The molecule has 0 saturated heterocycles. The number of thiophene rings is 1. The molecule has 21 heavy (non-hydrogen) atoms. The first kappa shape index (κ1) is 18.6. The highest BCUT2D eigenvalue weighted by atomic mass is 127. The molecule has 2 heterocycles. The summed E-state index contributed by atoms with van der Waals surface area (Å²) in [5, 5.41) is 9.66. The second-order valence-electron chi connectivity index (χ2n) is 4.19. The highest BCUT2D eigenvalue weighted by Crippen LogP contribution is 2.24. The normalized spacial score (nSPS) is 11.1. The molecule has 0 spiro atoms. The van der Waals surface area contributed by atoms with Gasteiger partial charge < -0.3 is 15.2 Å². The molecule has 0 aliphatic carbocycles. The number of hydrogen-bond donors (Lipinski definition) is 2. The van der Waals surface area contributed by atoms with Gasteiger partial charge in [-0.3, -0.25) is 4.99 Å². The lowest BCUT2D eigenvalue weighted by molar-refractivity contribution is 0.752. The number of halogens is 3. The van der Waals surface area contributed by atoms with E-state index in [0.29, 0.717) is 16.7 Å². The maximum Gasteiger partial charge on any atom is 0.191 e. The van der Waals surface area contributed by atoms with E-state index in [1.54, 1.807) is 18.4 Å². The van der Waals surface area contributed by atoms with Crippen molar-refractivity contribution < 1.29 is 0 Å². The largest absolute Gasteiger partial charge is 0.352 e. The highest BCUT2D eigenvalue weighted by molar-refractivity contribution is 14.0. The predicted octanol–water partition coefficient (Wildman–Crippen LogP) is 3.88. The van der Waals surface area contributed by atoms with Crippen LogP contribution in [-0.4, -0.2) is 17.6 Å². The molecule has 0 radical (unpaired) electrons. The summed E-state index contributed by atoms with van der Waals surface area (Å²) in [4.78, 5) is 5.45. The Morgan fingerprint density at radius 3 is 2.57 bits per heavy atom. The number of nitrogens with zero attached hydrogens (tertiary/aromatic N) is 2. The van der Waals surface area contributed by atoms with Crippen LogP contribution in [-0.2, 0) is 20.1 Å². The third kappa shape index (κ3) is 5.05. The van der Waals surface area contributed by atoms with Crippen LogP contribution in [0.3, 0.4) is 0 Å². The van der Waals surface area contributed by atoms with Crippen LogP contribution in [0.4, 0.5) is 0 Å². The monoisotopic (exact) mass is 458 g/mol. The van der Waals surface area contributed by atoms with Gasteiger partial charge in [0.2, 0.25) is 0 Å². The van der Waals surface area contributed by atoms with Gasteiger partial charge in [-0.1, -0.05) is 29.3 Å². The second-order valence-corrected chi connectivity index (χ2v) is 5.99. The molecule has 0 bridgehead atoms. The van der Waals surface area contributed by atoms with Crippen LogP contribution in [0.15, 0.2) is 28.6 Å². The number of guanidine groups is 1. The second kappa shape index (κ2) is 8.87. The molecule has 0 unspecified atom stereocenters. The van der Waals surface area contributed by atoms with Crippen LogP contribution in [0.2, 0.25) is 10.2 Å². The molecule has 2 aromatic rings. The first-order valence-electron chi connectivity index (χ1n) is 6.08. The number of aliphatic imine (C=N–C) groups is 1. The summed E-state index contributed by atoms with van der Waals surface area (Å²) < 4.78 is 1.85. The van der Waals surface area contributed by atoms with Gasteiger partial charge in [-0.05, 0) is 17.5 Å². The fourth-order valence-corrected chi connectivity index (χ4v) is 2.80. The van der Waals surface area contributed by atoms with Crippen molar-refractivity contribution in [2.45, 2.75) is 13.1 Å². The van der Waals surface area contributed by atoms with Gasteiger partial charge in [0, 0.05) is 24.7 Å². The minimum atomic E-state index is 0. The predicted molar refractivity (Wildman–Crippen MR) is 102 cm³/mol. The summed E-state index contributed by atoms with van der Waals surface area (Å²) in [6.45, 7) is 1.36. The summed E-state index contributed by atoms with van der Waals surface area (Å²) >= 11 is 13.7. The Hall–Kier alpha value is -0.440.